The molecule has 1 rings (SSSR count). The van der Waals surface area contributed by atoms with Gasteiger partial charge in [-0.2, -0.15) is 0 Å². The van der Waals surface area contributed by atoms with Crippen LogP contribution in [-0.2, 0) is 10.0 Å². The van der Waals surface area contributed by atoms with Gasteiger partial charge in [0.1, 0.15) is 4.90 Å². The SMILES string of the molecule is CCN(CC)CC(C)NS(=O)(=O)c1cc(C(=O)O)oc1Br. The molecule has 0 saturated carbocycles. The second-order valence-corrected chi connectivity index (χ2v) is 6.96. The van der Waals surface area contributed by atoms with E-state index in [4.69, 9.17) is 9.52 Å². The third-order valence-corrected chi connectivity index (χ3v) is 5.39. The fourth-order valence-corrected chi connectivity index (χ4v) is 4.05. The number of hydrogen-bond donors (Lipinski definition) is 2. The molecule has 0 fully saturated rings. The Bertz CT molecular complexity index is 595. The number of aromatic carboxylic acids is 1. The van der Waals surface area contributed by atoms with E-state index < -0.39 is 21.8 Å². The molecule has 0 aromatic carbocycles. The Labute approximate surface area is 132 Å². The van der Waals surface area contributed by atoms with Crippen molar-refractivity contribution in [2.75, 3.05) is 19.6 Å². The molecular formula is C12H19BrN2O5S. The van der Waals surface area contributed by atoms with Gasteiger partial charge in [-0.1, -0.05) is 13.8 Å². The van der Waals surface area contributed by atoms with Crippen molar-refractivity contribution in [1.82, 2.24) is 9.62 Å². The summed E-state index contributed by atoms with van der Waals surface area (Å²) in [7, 11) is -3.85. The smallest absolute Gasteiger partial charge is 0.371 e. The molecule has 1 aromatic rings. The van der Waals surface area contributed by atoms with Crippen molar-refractivity contribution in [2.45, 2.75) is 31.7 Å². The zero-order valence-corrected chi connectivity index (χ0v) is 14.5. The van der Waals surface area contributed by atoms with E-state index in [1.165, 1.54) is 0 Å². The molecule has 0 amide bonds. The second-order valence-electron chi connectivity index (χ2n) is 4.56. The minimum absolute atomic E-state index is 0.123. The Morgan fingerprint density at radius 3 is 2.48 bits per heavy atom. The predicted octanol–water partition coefficient (Wildman–Crippen LogP) is 1.75. The molecule has 0 radical (unpaired) electrons. The first-order valence-electron chi connectivity index (χ1n) is 6.48. The number of nitrogens with one attached hydrogen (secondary N) is 1. The van der Waals surface area contributed by atoms with Gasteiger partial charge in [0.2, 0.25) is 15.8 Å². The van der Waals surface area contributed by atoms with Crippen molar-refractivity contribution < 1.29 is 22.7 Å². The van der Waals surface area contributed by atoms with E-state index in [-0.39, 0.29) is 15.6 Å². The van der Waals surface area contributed by atoms with Crippen molar-refractivity contribution in [1.29, 1.82) is 0 Å². The first kappa shape index (κ1) is 18.1. The van der Waals surface area contributed by atoms with Crippen molar-refractivity contribution in [2.24, 2.45) is 0 Å². The number of sulfonamides is 1. The van der Waals surface area contributed by atoms with Gasteiger partial charge in [-0.25, -0.2) is 17.9 Å². The monoisotopic (exact) mass is 382 g/mol. The molecule has 9 heteroatoms. The van der Waals surface area contributed by atoms with Gasteiger partial charge < -0.3 is 14.4 Å². The van der Waals surface area contributed by atoms with Gasteiger partial charge in [0.05, 0.1) is 0 Å². The Morgan fingerprint density at radius 2 is 2.05 bits per heavy atom. The van der Waals surface area contributed by atoms with Crippen LogP contribution >= 0.6 is 15.9 Å². The molecule has 0 aliphatic rings. The highest BCUT2D eigenvalue weighted by molar-refractivity contribution is 9.10. The first-order valence-corrected chi connectivity index (χ1v) is 8.76. The highest BCUT2D eigenvalue weighted by Crippen LogP contribution is 2.26. The maximum Gasteiger partial charge on any atom is 0.371 e. The third-order valence-electron chi connectivity index (χ3n) is 2.94. The lowest BCUT2D eigenvalue weighted by Gasteiger charge is -2.23. The van der Waals surface area contributed by atoms with Crippen molar-refractivity contribution in [3.05, 3.63) is 16.5 Å². The maximum absolute atomic E-state index is 12.2. The van der Waals surface area contributed by atoms with E-state index in [0.29, 0.717) is 6.54 Å². The van der Waals surface area contributed by atoms with E-state index in [1.807, 2.05) is 13.8 Å². The number of likely N-dealkylation sites (N-methyl/N-ethyl adjacent to an activating group) is 1. The number of hydrogen-bond acceptors (Lipinski definition) is 5. The molecule has 1 atom stereocenters. The Balaban J connectivity index is 2.89. The maximum atomic E-state index is 12.2. The number of furan rings is 1. The molecule has 1 heterocycles. The average Bonchev–Trinajstić information content (AvgIpc) is 2.78. The van der Waals surface area contributed by atoms with Crippen molar-refractivity contribution in [3.8, 4) is 0 Å². The lowest BCUT2D eigenvalue weighted by atomic mass is 10.3. The molecule has 1 aromatic heterocycles. The second kappa shape index (κ2) is 7.39. The van der Waals surface area contributed by atoms with E-state index in [0.717, 1.165) is 19.2 Å². The zero-order valence-electron chi connectivity index (χ0n) is 12.1. The van der Waals surface area contributed by atoms with E-state index in [9.17, 15) is 13.2 Å². The molecule has 0 saturated heterocycles. The van der Waals surface area contributed by atoms with E-state index in [2.05, 4.69) is 25.6 Å². The van der Waals surface area contributed by atoms with Crippen LogP contribution < -0.4 is 4.72 Å². The fourth-order valence-electron chi connectivity index (χ4n) is 1.88. The van der Waals surface area contributed by atoms with Crippen LogP contribution in [0.2, 0.25) is 0 Å². The number of rotatable bonds is 8. The molecule has 7 nitrogen and oxygen atoms in total. The van der Waals surface area contributed by atoms with Crippen LogP contribution in [0.25, 0.3) is 0 Å². The van der Waals surface area contributed by atoms with Crippen molar-refractivity contribution in [3.63, 3.8) is 0 Å². The summed E-state index contributed by atoms with van der Waals surface area (Å²) in [6.07, 6.45) is 0. The molecule has 0 aliphatic heterocycles. The van der Waals surface area contributed by atoms with Gasteiger partial charge in [-0.05, 0) is 35.9 Å². The summed E-state index contributed by atoms with van der Waals surface area (Å²) in [4.78, 5) is 12.7. The number of carboxylic acid groups (broad SMARTS) is 1. The van der Waals surface area contributed by atoms with Crippen molar-refractivity contribution >= 4 is 31.9 Å². The van der Waals surface area contributed by atoms with Crippen LogP contribution in [0.15, 0.2) is 20.0 Å². The topological polar surface area (TPSA) is 99.9 Å². The summed E-state index contributed by atoms with van der Waals surface area (Å²) in [6, 6.07) is 0.670. The molecule has 120 valence electrons. The fraction of sp³-hybridized carbons (Fsp3) is 0.583. The van der Waals surface area contributed by atoms with Crippen LogP contribution in [0, 0.1) is 0 Å². The van der Waals surface area contributed by atoms with Crippen LogP contribution in [-0.4, -0.2) is 50.1 Å². The Kier molecular flexibility index (Phi) is 6.39. The highest BCUT2D eigenvalue weighted by atomic mass is 79.9. The van der Waals surface area contributed by atoms with Gasteiger partial charge >= 0.3 is 5.97 Å². The minimum Gasteiger partial charge on any atom is -0.475 e. The average molecular weight is 383 g/mol. The molecule has 2 N–H and O–H groups in total. The Hall–Kier alpha value is -0.900. The molecule has 0 spiro atoms. The molecule has 0 aliphatic carbocycles. The van der Waals surface area contributed by atoms with Crippen LogP contribution in [0.1, 0.15) is 31.3 Å². The number of halogens is 1. The number of carbonyl (C=O) groups is 1. The molecular weight excluding hydrogens is 364 g/mol. The Morgan fingerprint density at radius 1 is 1.48 bits per heavy atom. The van der Waals surface area contributed by atoms with Crippen LogP contribution in [0.5, 0.6) is 0 Å². The lowest BCUT2D eigenvalue weighted by molar-refractivity contribution is 0.0661. The van der Waals surface area contributed by atoms with Gasteiger partial charge in [0, 0.05) is 18.7 Å². The van der Waals surface area contributed by atoms with Gasteiger partial charge in [0.25, 0.3) is 0 Å². The quantitative estimate of drug-likeness (QED) is 0.710. The van der Waals surface area contributed by atoms with Gasteiger partial charge in [0.15, 0.2) is 4.67 Å². The largest absolute Gasteiger partial charge is 0.475 e. The molecule has 1 unspecified atom stereocenters. The van der Waals surface area contributed by atoms with E-state index in [1.54, 1.807) is 6.92 Å². The number of carboxylic acids is 1. The highest BCUT2D eigenvalue weighted by Gasteiger charge is 2.26. The third kappa shape index (κ3) is 4.80. The normalized spacial score (nSPS) is 13.6. The summed E-state index contributed by atoms with van der Waals surface area (Å²) in [5.74, 6) is -1.76. The number of nitrogens with zero attached hydrogens (tertiary/aromatic N) is 1. The lowest BCUT2D eigenvalue weighted by Crippen LogP contribution is -2.41. The minimum atomic E-state index is -3.85. The summed E-state index contributed by atoms with van der Waals surface area (Å²) in [6.45, 7) is 7.95. The molecule has 21 heavy (non-hydrogen) atoms. The predicted molar refractivity (Wildman–Crippen MR) is 80.9 cm³/mol. The summed E-state index contributed by atoms with van der Waals surface area (Å²) in [5, 5.41) is 8.82. The first-order chi connectivity index (χ1) is 9.71. The van der Waals surface area contributed by atoms with E-state index >= 15 is 0 Å². The van der Waals surface area contributed by atoms with Gasteiger partial charge in [-0.15, -0.1) is 0 Å². The summed E-state index contributed by atoms with van der Waals surface area (Å²) in [5.41, 5.74) is 0. The molecule has 0 bridgehead atoms. The van der Waals surface area contributed by atoms with Crippen LogP contribution in [0.3, 0.4) is 0 Å². The zero-order chi connectivity index (χ0) is 16.2. The van der Waals surface area contributed by atoms with Gasteiger partial charge in [-0.3, -0.25) is 0 Å². The van der Waals surface area contributed by atoms with Crippen LogP contribution in [0.4, 0.5) is 0 Å². The summed E-state index contributed by atoms with van der Waals surface area (Å²) >= 11 is 2.93. The standard InChI is InChI=1S/C12H19BrN2O5S/c1-4-15(5-2)7-8(3)14-21(18,19)10-6-9(12(16)17)20-11(10)13/h6,8,14H,4-5,7H2,1-3H3,(H,16,17). The summed E-state index contributed by atoms with van der Waals surface area (Å²) < 4.78 is 31.7.